The minimum atomic E-state index is -0.483. The summed E-state index contributed by atoms with van der Waals surface area (Å²) >= 11 is 2.01. The van der Waals surface area contributed by atoms with E-state index in [0.29, 0.717) is 6.04 Å². The number of thioether (sulfide) groups is 1. The van der Waals surface area contributed by atoms with Crippen molar-refractivity contribution in [3.8, 4) is 0 Å². The Morgan fingerprint density at radius 2 is 2.38 bits per heavy atom. The van der Waals surface area contributed by atoms with Gasteiger partial charge in [0.15, 0.2) is 0 Å². The molecule has 1 saturated heterocycles. The highest BCUT2D eigenvalue weighted by atomic mass is 32.2. The van der Waals surface area contributed by atoms with Crippen LogP contribution in [0.3, 0.4) is 0 Å². The van der Waals surface area contributed by atoms with E-state index in [0.717, 1.165) is 17.9 Å². The second kappa shape index (κ2) is 5.06. The van der Waals surface area contributed by atoms with Crippen molar-refractivity contribution in [3.63, 3.8) is 0 Å². The minimum absolute atomic E-state index is 0.483. The molecule has 4 heteroatoms. The molecule has 2 atom stereocenters. The lowest BCUT2D eigenvalue weighted by Gasteiger charge is -2.34. The Balaban J connectivity index is 2.14. The molecule has 0 bridgehead atoms. The van der Waals surface area contributed by atoms with E-state index < -0.39 is 6.10 Å². The number of nitrogens with zero attached hydrogens (tertiary/aromatic N) is 2. The number of rotatable bonds is 2. The van der Waals surface area contributed by atoms with Gasteiger partial charge in [-0.3, -0.25) is 4.98 Å². The lowest BCUT2D eigenvalue weighted by atomic mass is 10.2. The molecule has 3 nitrogen and oxygen atoms in total. The summed E-state index contributed by atoms with van der Waals surface area (Å²) < 4.78 is 0. The largest absolute Gasteiger partial charge is 0.387 e. The smallest absolute Gasteiger partial charge is 0.0931 e. The molecule has 1 unspecified atom stereocenters. The highest BCUT2D eigenvalue weighted by Gasteiger charge is 2.19. The van der Waals surface area contributed by atoms with Crippen LogP contribution in [0.5, 0.6) is 0 Å². The Morgan fingerprint density at radius 1 is 1.56 bits per heavy atom. The molecule has 88 valence electrons. The molecule has 1 aliphatic rings. The zero-order valence-electron chi connectivity index (χ0n) is 9.76. The van der Waals surface area contributed by atoms with Gasteiger partial charge in [0.25, 0.3) is 0 Å². The monoisotopic (exact) mass is 238 g/mol. The van der Waals surface area contributed by atoms with E-state index in [-0.39, 0.29) is 0 Å². The third kappa shape index (κ3) is 2.50. The Morgan fingerprint density at radius 3 is 2.94 bits per heavy atom. The summed E-state index contributed by atoms with van der Waals surface area (Å²) in [5, 5.41) is 9.40. The van der Waals surface area contributed by atoms with E-state index in [4.69, 9.17) is 0 Å². The van der Waals surface area contributed by atoms with E-state index in [1.165, 1.54) is 11.5 Å². The molecule has 0 saturated carbocycles. The molecule has 1 N–H and O–H groups in total. The van der Waals surface area contributed by atoms with Crippen LogP contribution in [0, 0.1) is 0 Å². The van der Waals surface area contributed by atoms with E-state index in [1.54, 1.807) is 6.92 Å². The van der Waals surface area contributed by atoms with E-state index in [1.807, 2.05) is 24.0 Å². The summed E-state index contributed by atoms with van der Waals surface area (Å²) in [7, 11) is 0. The van der Waals surface area contributed by atoms with Crippen LogP contribution in [0.2, 0.25) is 0 Å². The molecule has 1 aromatic heterocycles. The van der Waals surface area contributed by atoms with Gasteiger partial charge in [-0.15, -0.1) is 0 Å². The normalized spacial score (nSPS) is 23.2. The maximum absolute atomic E-state index is 9.40. The van der Waals surface area contributed by atoms with Crippen molar-refractivity contribution in [3.05, 3.63) is 24.0 Å². The van der Waals surface area contributed by atoms with E-state index >= 15 is 0 Å². The first-order valence-electron chi connectivity index (χ1n) is 5.67. The summed E-state index contributed by atoms with van der Waals surface area (Å²) in [6.45, 7) is 5.07. The van der Waals surface area contributed by atoms with Gasteiger partial charge in [-0.25, -0.2) is 0 Å². The van der Waals surface area contributed by atoms with Gasteiger partial charge in [-0.1, -0.05) is 0 Å². The highest BCUT2D eigenvalue weighted by molar-refractivity contribution is 7.99. The van der Waals surface area contributed by atoms with Crippen LogP contribution in [-0.4, -0.2) is 34.2 Å². The van der Waals surface area contributed by atoms with Gasteiger partial charge in [0, 0.05) is 24.1 Å². The van der Waals surface area contributed by atoms with Crippen LogP contribution in [0.1, 0.15) is 25.6 Å². The predicted molar refractivity (Wildman–Crippen MR) is 69.0 cm³/mol. The molecule has 0 amide bonds. The fraction of sp³-hybridized carbons (Fsp3) is 0.583. The molecule has 16 heavy (non-hydrogen) atoms. The van der Waals surface area contributed by atoms with E-state index in [9.17, 15) is 5.11 Å². The lowest BCUT2D eigenvalue weighted by molar-refractivity contribution is 0.194. The number of hydrogen-bond acceptors (Lipinski definition) is 4. The Kier molecular flexibility index (Phi) is 3.71. The molecular formula is C12H18N2OS. The van der Waals surface area contributed by atoms with E-state index in [2.05, 4.69) is 22.9 Å². The molecule has 0 aromatic carbocycles. The van der Waals surface area contributed by atoms with Gasteiger partial charge in [0.1, 0.15) is 0 Å². The summed E-state index contributed by atoms with van der Waals surface area (Å²) in [6.07, 6.45) is 1.39. The molecule has 1 aromatic rings. The third-order valence-electron chi connectivity index (χ3n) is 2.90. The van der Waals surface area contributed by atoms with Crippen LogP contribution in [-0.2, 0) is 0 Å². The summed E-state index contributed by atoms with van der Waals surface area (Å²) in [6, 6.07) is 4.54. The van der Waals surface area contributed by atoms with Crippen LogP contribution >= 0.6 is 11.8 Å². The quantitative estimate of drug-likeness (QED) is 0.856. The summed E-state index contributed by atoms with van der Waals surface area (Å²) in [5.74, 6) is 2.36. The van der Waals surface area contributed by atoms with Crippen molar-refractivity contribution in [1.29, 1.82) is 0 Å². The average Bonchev–Trinajstić information content (AvgIpc) is 2.30. The van der Waals surface area contributed by atoms with Gasteiger partial charge in [0.05, 0.1) is 23.7 Å². The Bertz CT molecular complexity index is 339. The zero-order chi connectivity index (χ0) is 11.5. The Labute approximate surface area is 101 Å². The molecule has 2 rings (SSSR count). The standard InChI is InChI=1S/C12H18N2OS/c1-9-8-16-6-5-14(9)11-3-4-12(10(2)15)13-7-11/h3-4,7,9-10,15H,5-6,8H2,1-2H3/t9?,10-/m1/s1. The fourth-order valence-corrected chi connectivity index (χ4v) is 2.94. The van der Waals surface area contributed by atoms with Crippen molar-refractivity contribution < 1.29 is 5.11 Å². The third-order valence-corrected chi connectivity index (χ3v) is 4.09. The summed E-state index contributed by atoms with van der Waals surface area (Å²) in [4.78, 5) is 6.67. The minimum Gasteiger partial charge on any atom is -0.387 e. The number of hydrogen-bond donors (Lipinski definition) is 1. The van der Waals surface area contributed by atoms with Crippen LogP contribution in [0.25, 0.3) is 0 Å². The molecule has 0 spiro atoms. The first-order valence-corrected chi connectivity index (χ1v) is 6.82. The predicted octanol–water partition coefficient (Wildman–Crippen LogP) is 2.08. The SMILES string of the molecule is CC1CSCCN1c1ccc([C@@H](C)O)nc1. The number of aliphatic hydroxyl groups excluding tert-OH is 1. The number of aliphatic hydroxyl groups is 1. The molecule has 0 radical (unpaired) electrons. The maximum atomic E-state index is 9.40. The molecule has 1 fully saturated rings. The molecule has 2 heterocycles. The summed E-state index contributed by atoms with van der Waals surface area (Å²) in [5.41, 5.74) is 1.90. The van der Waals surface area contributed by atoms with Crippen molar-refractivity contribution in [1.82, 2.24) is 4.98 Å². The van der Waals surface area contributed by atoms with Crippen molar-refractivity contribution in [2.24, 2.45) is 0 Å². The second-order valence-electron chi connectivity index (χ2n) is 4.23. The molecule has 1 aliphatic heterocycles. The first kappa shape index (κ1) is 11.7. The average molecular weight is 238 g/mol. The van der Waals surface area contributed by atoms with Gasteiger partial charge in [-0.05, 0) is 26.0 Å². The molecule has 0 aliphatic carbocycles. The topological polar surface area (TPSA) is 36.4 Å². The Hall–Kier alpha value is -0.740. The first-order chi connectivity index (χ1) is 7.68. The fourth-order valence-electron chi connectivity index (χ4n) is 1.93. The van der Waals surface area contributed by atoms with Gasteiger partial charge in [0.2, 0.25) is 0 Å². The van der Waals surface area contributed by atoms with Crippen molar-refractivity contribution >= 4 is 17.4 Å². The second-order valence-corrected chi connectivity index (χ2v) is 5.38. The highest BCUT2D eigenvalue weighted by Crippen LogP contribution is 2.23. The number of anilines is 1. The number of aromatic nitrogens is 1. The molecular weight excluding hydrogens is 220 g/mol. The van der Waals surface area contributed by atoms with Crippen LogP contribution < -0.4 is 4.90 Å². The maximum Gasteiger partial charge on any atom is 0.0931 e. The van der Waals surface area contributed by atoms with Gasteiger partial charge in [-0.2, -0.15) is 11.8 Å². The van der Waals surface area contributed by atoms with Gasteiger partial charge < -0.3 is 10.0 Å². The lowest BCUT2D eigenvalue weighted by Crippen LogP contribution is -2.40. The van der Waals surface area contributed by atoms with Crippen LogP contribution in [0.4, 0.5) is 5.69 Å². The number of pyridine rings is 1. The van der Waals surface area contributed by atoms with Crippen molar-refractivity contribution in [2.75, 3.05) is 23.0 Å². The zero-order valence-corrected chi connectivity index (χ0v) is 10.6. The van der Waals surface area contributed by atoms with Crippen LogP contribution in [0.15, 0.2) is 18.3 Å². The van der Waals surface area contributed by atoms with Crippen molar-refractivity contribution in [2.45, 2.75) is 26.0 Å². The van der Waals surface area contributed by atoms with Gasteiger partial charge >= 0.3 is 0 Å².